The molecule has 0 amide bonds. The van der Waals surface area contributed by atoms with Crippen molar-refractivity contribution in [3.63, 3.8) is 0 Å². The summed E-state index contributed by atoms with van der Waals surface area (Å²) in [4.78, 5) is 17.8. The van der Waals surface area contributed by atoms with Crippen molar-refractivity contribution in [3.05, 3.63) is 0 Å². The molecule has 0 aromatic heterocycles. The molecule has 0 aliphatic rings. The molecule has 0 radical (unpaired) electrons. The van der Waals surface area contributed by atoms with Gasteiger partial charge in [0.2, 0.25) is 0 Å². The average Bonchev–Trinajstić information content (AvgIpc) is 1.83. The molecule has 0 aliphatic carbocycles. The normalized spacial score (nSPS) is 9.29. The van der Waals surface area contributed by atoms with Crippen LogP contribution in [0.2, 0.25) is 0 Å². The molecule has 0 aliphatic heterocycles. The minimum atomic E-state index is -5.08. The molecule has 0 atom stereocenters. The second kappa shape index (κ2) is 10.9. The van der Waals surface area contributed by atoms with Gasteiger partial charge < -0.3 is 35.0 Å². The van der Waals surface area contributed by atoms with Crippen LogP contribution in [-0.2, 0) is 31.3 Å². The molecule has 0 fully saturated rings. The van der Waals surface area contributed by atoms with Crippen LogP contribution >= 0.6 is 0 Å². The first-order valence-electron chi connectivity index (χ1n) is 2.49. The van der Waals surface area contributed by atoms with E-state index in [0.29, 0.717) is 0 Å². The molecule has 0 rings (SSSR count). The standard InChI is InChI=1S/2C2HF3O2.2ClH.Ti/c2*3-2(4,5)1(6)7;;;/h2*(H,6,7);2*1H;/q;;;;+2/p-2. The van der Waals surface area contributed by atoms with E-state index in [1.54, 1.807) is 0 Å². The SMILES string of the molecule is O=C(O)C(F)(F)F.O=C(O)C(F)(F)F.[Cl-].[Cl-].[Ti+2]. The van der Waals surface area contributed by atoms with E-state index in [1.165, 1.54) is 0 Å². The van der Waals surface area contributed by atoms with Crippen LogP contribution in [0.3, 0.4) is 0 Å². The third-order valence-electron chi connectivity index (χ3n) is 0.485. The fourth-order valence-corrected chi connectivity index (χ4v) is 0. The monoisotopic (exact) mass is 346 g/mol. The van der Waals surface area contributed by atoms with Gasteiger partial charge in [0, 0.05) is 0 Å². The molecule has 0 heterocycles. The molecule has 0 bridgehead atoms. The van der Waals surface area contributed by atoms with Crippen molar-refractivity contribution in [2.75, 3.05) is 0 Å². The van der Waals surface area contributed by atoms with Crippen LogP contribution in [0.25, 0.3) is 0 Å². The second-order valence-electron chi connectivity index (χ2n) is 1.61. The largest absolute Gasteiger partial charge is 2.00 e. The Balaban J connectivity index is -0.0000000480. The number of carboxylic acids is 2. The molecule has 2 N–H and O–H groups in total. The maximum Gasteiger partial charge on any atom is 2.00 e. The van der Waals surface area contributed by atoms with E-state index < -0.39 is 24.3 Å². The van der Waals surface area contributed by atoms with Crippen LogP contribution in [-0.4, -0.2) is 34.5 Å². The van der Waals surface area contributed by atoms with Crippen molar-refractivity contribution in [2.45, 2.75) is 12.4 Å². The number of halogens is 8. The van der Waals surface area contributed by atoms with Gasteiger partial charge in [-0.1, -0.05) is 0 Å². The Morgan fingerprint density at radius 1 is 0.706 bits per heavy atom. The van der Waals surface area contributed by atoms with Crippen molar-refractivity contribution in [1.29, 1.82) is 0 Å². The fraction of sp³-hybridized carbons (Fsp3) is 0.500. The first-order chi connectivity index (χ1) is 5.89. The van der Waals surface area contributed by atoms with Gasteiger partial charge in [0.25, 0.3) is 0 Å². The maximum absolute atomic E-state index is 10.6. The van der Waals surface area contributed by atoms with E-state index in [-0.39, 0.29) is 46.5 Å². The summed E-state index contributed by atoms with van der Waals surface area (Å²) in [7, 11) is 0. The molecule has 13 heteroatoms. The molecule has 0 saturated heterocycles. The summed E-state index contributed by atoms with van der Waals surface area (Å²) in [6, 6.07) is 0. The third-order valence-corrected chi connectivity index (χ3v) is 0.485. The zero-order valence-corrected chi connectivity index (χ0v) is 10.3. The second-order valence-corrected chi connectivity index (χ2v) is 1.61. The minimum Gasteiger partial charge on any atom is -1.00 e. The molecule has 0 spiro atoms. The van der Waals surface area contributed by atoms with Gasteiger partial charge >= 0.3 is 46.0 Å². The van der Waals surface area contributed by atoms with Crippen molar-refractivity contribution >= 4 is 11.9 Å². The van der Waals surface area contributed by atoms with Crippen LogP contribution < -0.4 is 24.8 Å². The Morgan fingerprint density at radius 3 is 0.765 bits per heavy atom. The number of aliphatic carboxylic acids is 2. The Labute approximate surface area is 117 Å². The van der Waals surface area contributed by atoms with Gasteiger partial charge in [-0.05, 0) is 0 Å². The first-order valence-corrected chi connectivity index (χ1v) is 2.49. The molecule has 0 saturated carbocycles. The number of alkyl halides is 6. The minimum absolute atomic E-state index is 0. The smallest absolute Gasteiger partial charge is 1.00 e. The molecule has 0 aromatic rings. The summed E-state index contributed by atoms with van der Waals surface area (Å²) in [5.41, 5.74) is 0. The van der Waals surface area contributed by atoms with Crippen LogP contribution in [0.4, 0.5) is 26.3 Å². The quantitative estimate of drug-likeness (QED) is 0.341. The first kappa shape index (κ1) is 30.1. The van der Waals surface area contributed by atoms with Crippen molar-refractivity contribution < 1.29 is 92.7 Å². The Morgan fingerprint density at radius 2 is 0.765 bits per heavy atom. The van der Waals surface area contributed by atoms with Gasteiger partial charge in [-0.25, -0.2) is 9.59 Å². The van der Waals surface area contributed by atoms with Crippen LogP contribution in [0.15, 0.2) is 0 Å². The predicted octanol–water partition coefficient (Wildman–Crippen LogP) is -4.73. The molecule has 102 valence electrons. The molecular weight excluding hydrogens is 345 g/mol. The zero-order chi connectivity index (χ0) is 12.2. The summed E-state index contributed by atoms with van der Waals surface area (Å²) < 4.78 is 63.5. The van der Waals surface area contributed by atoms with Crippen molar-refractivity contribution in [1.82, 2.24) is 0 Å². The van der Waals surface area contributed by atoms with Crippen LogP contribution in [0.5, 0.6) is 0 Å². The van der Waals surface area contributed by atoms with E-state index in [9.17, 15) is 26.3 Å². The summed E-state index contributed by atoms with van der Waals surface area (Å²) in [5, 5.41) is 14.2. The Hall–Kier alpha value is -0.186. The number of carboxylic acid groups (broad SMARTS) is 2. The third kappa shape index (κ3) is 21.6. The van der Waals surface area contributed by atoms with Gasteiger partial charge in [-0.3, -0.25) is 0 Å². The molecule has 4 nitrogen and oxygen atoms in total. The van der Waals surface area contributed by atoms with E-state index in [2.05, 4.69) is 0 Å². The number of rotatable bonds is 0. The topological polar surface area (TPSA) is 74.6 Å². The van der Waals surface area contributed by atoms with Gasteiger partial charge in [0.05, 0.1) is 0 Å². The number of hydrogen-bond donors (Lipinski definition) is 2. The zero-order valence-electron chi connectivity index (χ0n) is 7.23. The van der Waals surface area contributed by atoms with E-state index in [0.717, 1.165) is 0 Å². The molecule has 0 unspecified atom stereocenters. The van der Waals surface area contributed by atoms with E-state index >= 15 is 0 Å². The van der Waals surface area contributed by atoms with Crippen molar-refractivity contribution in [3.8, 4) is 0 Å². The number of hydrogen-bond acceptors (Lipinski definition) is 2. The molecular formula is C4H2Cl2F6O4Ti. The molecule has 17 heavy (non-hydrogen) atoms. The summed E-state index contributed by atoms with van der Waals surface area (Å²) in [6.07, 6.45) is -10.2. The Kier molecular flexibility index (Phi) is 19.4. The summed E-state index contributed by atoms with van der Waals surface area (Å²) in [6.45, 7) is 0. The molecule has 0 aromatic carbocycles. The van der Waals surface area contributed by atoms with E-state index in [1.807, 2.05) is 0 Å². The van der Waals surface area contributed by atoms with Crippen LogP contribution in [0, 0.1) is 0 Å². The summed E-state index contributed by atoms with van der Waals surface area (Å²) in [5.74, 6) is -5.51. The fourth-order valence-electron chi connectivity index (χ4n) is 0. The van der Waals surface area contributed by atoms with Crippen molar-refractivity contribution in [2.24, 2.45) is 0 Å². The van der Waals surface area contributed by atoms with Crippen LogP contribution in [0.1, 0.15) is 0 Å². The number of carbonyl (C=O) groups is 2. The maximum atomic E-state index is 10.6. The van der Waals surface area contributed by atoms with Gasteiger partial charge in [0.15, 0.2) is 0 Å². The predicted molar refractivity (Wildman–Crippen MR) is 27.4 cm³/mol. The van der Waals surface area contributed by atoms with Gasteiger partial charge in [-0.2, -0.15) is 26.3 Å². The van der Waals surface area contributed by atoms with Gasteiger partial charge in [0.1, 0.15) is 0 Å². The van der Waals surface area contributed by atoms with Gasteiger partial charge in [-0.15, -0.1) is 0 Å². The Bertz CT molecular complexity index is 205. The van der Waals surface area contributed by atoms with E-state index in [4.69, 9.17) is 19.8 Å². The average molecular weight is 347 g/mol. The summed E-state index contributed by atoms with van der Waals surface area (Å²) >= 11 is 0.